The van der Waals surface area contributed by atoms with Crippen molar-refractivity contribution >= 4 is 52.8 Å². The van der Waals surface area contributed by atoms with E-state index in [2.05, 4.69) is 25.3 Å². The van der Waals surface area contributed by atoms with Crippen molar-refractivity contribution in [2.45, 2.75) is 61.8 Å². The Morgan fingerprint density at radius 3 is 1.93 bits per heavy atom. The summed E-state index contributed by atoms with van der Waals surface area (Å²) in [7, 11) is -5.40. The number of anilines is 1. The van der Waals surface area contributed by atoms with Gasteiger partial charge in [-0.05, 0) is 96.8 Å². The number of tetrazole rings is 1. The van der Waals surface area contributed by atoms with E-state index in [1.165, 1.54) is 42.5 Å². The molecule has 0 bridgehead atoms. The van der Waals surface area contributed by atoms with E-state index in [-0.39, 0.29) is 41.7 Å². The number of hydrogen-bond donors (Lipinski definition) is 4. The first-order chi connectivity index (χ1) is 32.4. The van der Waals surface area contributed by atoms with Gasteiger partial charge in [-0.2, -0.15) is 9.10 Å². The lowest BCUT2D eigenvalue weighted by Crippen LogP contribution is -2.47. The number of hydrogen-bond acceptors (Lipinski definition) is 16. The van der Waals surface area contributed by atoms with E-state index in [1.807, 2.05) is 6.07 Å². The van der Waals surface area contributed by atoms with Gasteiger partial charge in [0.2, 0.25) is 25.9 Å². The van der Waals surface area contributed by atoms with Crippen LogP contribution in [-0.4, -0.2) is 104 Å². The highest BCUT2D eigenvalue weighted by atomic mass is 32.2. The second-order valence-corrected chi connectivity index (χ2v) is 21.0. The lowest BCUT2D eigenvalue weighted by atomic mass is 9.98. The van der Waals surface area contributed by atoms with E-state index in [0.717, 1.165) is 9.87 Å². The topological polar surface area (TPSA) is 252 Å². The van der Waals surface area contributed by atoms with Crippen LogP contribution < -0.4 is 30.0 Å². The van der Waals surface area contributed by atoms with Crippen LogP contribution >= 0.6 is 11.3 Å². The van der Waals surface area contributed by atoms with Gasteiger partial charge in [0.1, 0.15) is 32.6 Å². The van der Waals surface area contributed by atoms with Gasteiger partial charge in [-0.25, -0.2) is 31.3 Å². The van der Waals surface area contributed by atoms with Crippen LogP contribution in [0, 0.1) is 0 Å². The molecule has 0 aliphatic carbocycles. The maximum Gasteiger partial charge on any atom is 0.407 e. The third-order valence-corrected chi connectivity index (χ3v) is 14.8. The number of para-hydroxylation sites is 1. The van der Waals surface area contributed by atoms with Gasteiger partial charge in [0.25, 0.3) is 0 Å². The zero-order valence-electron chi connectivity index (χ0n) is 38.0. The minimum Gasteiger partial charge on any atom is -0.497 e. The Balaban J connectivity index is 1.48. The minimum atomic E-state index is -5.02. The van der Waals surface area contributed by atoms with Crippen LogP contribution in [0.5, 0.6) is 17.2 Å². The van der Waals surface area contributed by atoms with Crippen molar-refractivity contribution in [1.29, 1.82) is 0 Å². The molecular formula is C46H51N9O10S3. The first kappa shape index (κ1) is 49.2. The predicted octanol–water partition coefficient (Wildman–Crippen LogP) is 5.83. The number of methoxy groups -OCH3 is 3. The predicted molar refractivity (Wildman–Crippen MR) is 256 cm³/mol. The molecule has 22 heteroatoms. The Kier molecular flexibility index (Phi) is 15.0. The number of aliphatic hydroxyl groups is 1. The maximum atomic E-state index is 16.1. The number of benzene rings is 5. The van der Waals surface area contributed by atoms with Crippen LogP contribution in [0.4, 0.5) is 9.93 Å². The number of rotatable bonds is 19. The summed E-state index contributed by atoms with van der Waals surface area (Å²) in [6.45, 7) is 3.36. The van der Waals surface area contributed by atoms with Gasteiger partial charge in [0.15, 0.2) is 5.13 Å². The average Bonchev–Trinajstić information content (AvgIpc) is 3.95. The Hall–Kier alpha value is -6.69. The molecule has 7 rings (SSSR count). The molecule has 2 heterocycles. The van der Waals surface area contributed by atoms with E-state index in [1.54, 1.807) is 113 Å². The van der Waals surface area contributed by atoms with Gasteiger partial charge in [0, 0.05) is 25.2 Å². The number of thiazole rings is 1. The van der Waals surface area contributed by atoms with Crippen LogP contribution in [0.3, 0.4) is 0 Å². The molecule has 1 amide bonds. The Labute approximate surface area is 397 Å². The molecule has 2 aromatic heterocycles. The van der Waals surface area contributed by atoms with Gasteiger partial charge in [-0.3, -0.25) is 0 Å². The highest BCUT2D eigenvalue weighted by Crippen LogP contribution is 2.44. The highest BCUT2D eigenvalue weighted by Gasteiger charge is 2.39. The highest BCUT2D eigenvalue weighted by molar-refractivity contribution is 7.92. The van der Waals surface area contributed by atoms with Crippen molar-refractivity contribution < 1.29 is 45.7 Å². The summed E-state index contributed by atoms with van der Waals surface area (Å²) in [5.41, 5.74) is 7.99. The lowest BCUT2D eigenvalue weighted by Gasteiger charge is -2.27. The lowest BCUT2D eigenvalue weighted by molar-refractivity contribution is 0.0519. The largest absolute Gasteiger partial charge is 0.497 e. The molecule has 68 heavy (non-hydrogen) atoms. The van der Waals surface area contributed by atoms with Gasteiger partial charge < -0.3 is 35.1 Å². The van der Waals surface area contributed by atoms with Crippen LogP contribution in [0.15, 0.2) is 113 Å². The molecule has 1 atom stereocenters. The van der Waals surface area contributed by atoms with Gasteiger partial charge in [-0.1, -0.05) is 65.9 Å². The maximum absolute atomic E-state index is 16.1. The summed E-state index contributed by atoms with van der Waals surface area (Å²) in [4.78, 5) is 17.1. The fourth-order valence-electron chi connectivity index (χ4n) is 7.14. The molecular weight excluding hydrogens is 935 g/mol. The van der Waals surface area contributed by atoms with E-state index >= 15 is 8.42 Å². The third kappa shape index (κ3) is 11.5. The first-order valence-corrected chi connectivity index (χ1v) is 24.7. The summed E-state index contributed by atoms with van der Waals surface area (Å²) in [5.74, 6) is 1.46. The molecule has 0 aliphatic rings. The molecule has 0 spiro atoms. The molecule has 0 saturated carbocycles. The number of nitrogens with two attached hydrogens (primary N) is 1. The van der Waals surface area contributed by atoms with Crippen molar-refractivity contribution in [3.8, 4) is 39.8 Å². The number of nitrogens with zero attached hydrogens (tertiary/aromatic N) is 6. The van der Waals surface area contributed by atoms with Gasteiger partial charge in [-0.15, -0.1) is 10.2 Å². The smallest absolute Gasteiger partial charge is 0.407 e. The summed E-state index contributed by atoms with van der Waals surface area (Å²) in [6, 6.07) is 27.2. The summed E-state index contributed by atoms with van der Waals surface area (Å²) < 4.78 is 87.8. The summed E-state index contributed by atoms with van der Waals surface area (Å²) in [6.07, 6.45) is -0.863. The Bertz CT molecular complexity index is 3050. The second kappa shape index (κ2) is 20.7. The Morgan fingerprint density at radius 2 is 1.38 bits per heavy atom. The van der Waals surface area contributed by atoms with E-state index in [0.29, 0.717) is 44.2 Å². The summed E-state index contributed by atoms with van der Waals surface area (Å²) in [5, 5.41) is 26.6. The molecule has 7 aromatic rings. The number of alkyl carbamates (subject to hydrolysis) is 1. The standard InChI is InChI=1S/C46H51N9O10S3/c1-46(2,3)65-45(57)48-24-32(28-56)52-67(58,59)39-23-22-36(37-8-7-9-38-41(37)49-44(47)66-38)40(43-50-53-55(51-43)27-31-14-20-35(64-6)21-15-31)42(39)68(60,61)54(25-29-10-16-33(62-4)17-11-29)26-30-12-18-34(63-5)19-13-30/h7-23,32,52,56H,24-28H2,1-6H3,(H2,47,49)(H,48,57)/t32-/m0/s1. The number of aliphatic hydroxyl groups excluding tert-OH is 1. The molecule has 0 saturated heterocycles. The SMILES string of the molecule is COc1ccc(CN(Cc2ccc(OC)cc2)S(=O)(=O)c2c(S(=O)(=O)N[C@H](CO)CNC(=O)OC(C)(C)C)ccc(-c3cccc4sc(N)nc34)c2-c2nnn(Cc3ccc(OC)cc3)n2)cc1. The monoisotopic (exact) mass is 985 g/mol. The van der Waals surface area contributed by atoms with Crippen molar-refractivity contribution in [1.82, 2.24) is 39.5 Å². The third-order valence-electron chi connectivity index (χ3n) is 10.4. The molecule has 19 nitrogen and oxygen atoms in total. The number of carbonyl (C=O) groups excluding carboxylic acids is 1. The van der Waals surface area contributed by atoms with Crippen molar-refractivity contribution in [2.24, 2.45) is 0 Å². The molecule has 0 fully saturated rings. The molecule has 5 aromatic carbocycles. The first-order valence-electron chi connectivity index (χ1n) is 21.0. The van der Waals surface area contributed by atoms with E-state index in [9.17, 15) is 18.3 Å². The van der Waals surface area contributed by atoms with Gasteiger partial charge >= 0.3 is 6.09 Å². The van der Waals surface area contributed by atoms with Crippen LogP contribution in [0.25, 0.3) is 32.7 Å². The number of sulfonamides is 2. The minimum absolute atomic E-state index is 0.0933. The van der Waals surface area contributed by atoms with E-state index < -0.39 is 60.7 Å². The van der Waals surface area contributed by atoms with Crippen LogP contribution in [-0.2, 0) is 44.4 Å². The summed E-state index contributed by atoms with van der Waals surface area (Å²) >= 11 is 1.22. The fraction of sp³-hybridized carbons (Fsp3) is 0.283. The number of ether oxygens (including phenoxy) is 4. The van der Waals surface area contributed by atoms with Crippen molar-refractivity contribution in [3.63, 3.8) is 0 Å². The number of aromatic nitrogens is 5. The zero-order valence-corrected chi connectivity index (χ0v) is 40.5. The number of carbonyl (C=O) groups is 1. The van der Waals surface area contributed by atoms with Gasteiger partial charge in [0.05, 0.1) is 56.3 Å². The average molecular weight is 986 g/mol. The second-order valence-electron chi connectivity index (χ2n) is 16.4. The number of amides is 1. The number of nitrogen functional groups attached to an aromatic ring is 1. The van der Waals surface area contributed by atoms with Crippen LogP contribution in [0.1, 0.15) is 37.5 Å². The number of nitrogens with one attached hydrogen (secondary N) is 2. The quantitative estimate of drug-likeness (QED) is 0.0744. The molecule has 0 unspecified atom stereocenters. The normalized spacial score (nSPS) is 12.5. The number of fused-ring (bicyclic) bond motifs is 1. The molecule has 358 valence electrons. The van der Waals surface area contributed by atoms with Crippen molar-refractivity contribution in [2.75, 3.05) is 40.2 Å². The molecule has 0 radical (unpaired) electrons. The zero-order chi connectivity index (χ0) is 48.8. The van der Waals surface area contributed by atoms with E-state index in [4.69, 9.17) is 29.8 Å². The van der Waals surface area contributed by atoms with Crippen LogP contribution in [0.2, 0.25) is 0 Å². The Morgan fingerprint density at radius 1 is 0.809 bits per heavy atom. The molecule has 5 N–H and O–H groups in total. The van der Waals surface area contributed by atoms with Crippen molar-refractivity contribution in [3.05, 3.63) is 120 Å². The molecule has 0 aliphatic heterocycles. The fourth-order valence-corrected chi connectivity index (χ4v) is 11.5.